The van der Waals surface area contributed by atoms with Gasteiger partial charge < -0.3 is 24.8 Å². The van der Waals surface area contributed by atoms with Crippen LogP contribution < -0.4 is 24.8 Å². The van der Waals surface area contributed by atoms with Crippen LogP contribution in [0.2, 0.25) is 0 Å². The van der Waals surface area contributed by atoms with E-state index < -0.39 is 0 Å². The van der Waals surface area contributed by atoms with Gasteiger partial charge in [-0.15, -0.1) is 12.0 Å². The minimum Gasteiger partial charge on any atom is -1.00 e. The van der Waals surface area contributed by atoms with E-state index in [0.717, 1.165) is 12.8 Å². The van der Waals surface area contributed by atoms with Gasteiger partial charge in [-0.05, 0) is 17.4 Å². The predicted octanol–water partition coefficient (Wildman–Crippen LogP) is 3.91. The van der Waals surface area contributed by atoms with Crippen LogP contribution in [0.5, 0.6) is 0 Å². The fourth-order valence-electron chi connectivity index (χ4n) is 4.62. The van der Waals surface area contributed by atoms with Gasteiger partial charge in [0, 0.05) is 0 Å². The van der Waals surface area contributed by atoms with Gasteiger partial charge in [-0.2, -0.15) is 41.0 Å². The van der Waals surface area contributed by atoms with Crippen molar-refractivity contribution in [1.29, 1.82) is 0 Å². The van der Waals surface area contributed by atoms with Gasteiger partial charge in [-0.25, -0.2) is 6.08 Å². The summed E-state index contributed by atoms with van der Waals surface area (Å²) in [5, 5.41) is 0. The second kappa shape index (κ2) is 15.3. The molecule has 0 bridgehead atoms. The molecule has 0 nitrogen and oxygen atoms in total. The van der Waals surface area contributed by atoms with E-state index in [0.29, 0.717) is 5.41 Å². The summed E-state index contributed by atoms with van der Waals surface area (Å²) in [6.07, 6.45) is 12.2. The Labute approximate surface area is 262 Å². The van der Waals surface area contributed by atoms with Crippen molar-refractivity contribution in [2.75, 3.05) is 0 Å². The number of hydrogen-bond acceptors (Lipinski definition) is 0. The smallest absolute Gasteiger partial charge is 1.00 e. The number of rotatable bonds is 3. The summed E-state index contributed by atoms with van der Waals surface area (Å²) in [7, 11) is 0. The van der Waals surface area contributed by atoms with Crippen LogP contribution in [0.1, 0.15) is 118 Å². The molecule has 0 aliphatic heterocycles. The molecule has 0 amide bonds. The van der Waals surface area contributed by atoms with Crippen LogP contribution >= 0.6 is 0 Å². The van der Waals surface area contributed by atoms with E-state index in [1.54, 1.807) is 24.2 Å². The Kier molecular flexibility index (Phi) is 15.0. The van der Waals surface area contributed by atoms with Gasteiger partial charge in [0.25, 0.3) is 0 Å². The fourth-order valence-corrected chi connectivity index (χ4v) is 4.62. The van der Waals surface area contributed by atoms with Crippen molar-refractivity contribution >= 4 is 3.21 Å². The number of benzene rings is 2. The largest absolute Gasteiger partial charge is 1.00 e. The van der Waals surface area contributed by atoms with Gasteiger partial charge in [0.05, 0.1) is 0 Å². The molecule has 0 atom stereocenters. The fraction of sp³-hybridized carbons (Fsp3) is 0.514. The van der Waals surface area contributed by atoms with Crippen molar-refractivity contribution in [3.05, 3.63) is 82.5 Å². The van der Waals surface area contributed by atoms with Gasteiger partial charge in [-0.1, -0.05) is 115 Å². The van der Waals surface area contributed by atoms with E-state index in [9.17, 15) is 0 Å². The van der Waals surface area contributed by atoms with Crippen LogP contribution in [0.15, 0.2) is 48.1 Å². The van der Waals surface area contributed by atoms with E-state index in [-0.39, 0.29) is 35.6 Å². The Bertz CT molecular complexity index is 1060. The van der Waals surface area contributed by atoms with E-state index in [4.69, 9.17) is 0 Å². The monoisotopic (exact) mass is 628 g/mol. The first-order valence-corrected chi connectivity index (χ1v) is 14.8. The number of halogens is 2. The van der Waals surface area contributed by atoms with Crippen LogP contribution in [-0.4, -0.2) is 3.21 Å². The molecule has 0 unspecified atom stereocenters. The molecule has 2 aromatic carbocycles. The summed E-state index contributed by atoms with van der Waals surface area (Å²) in [4.78, 5) is 0. The van der Waals surface area contributed by atoms with Gasteiger partial charge in [0.1, 0.15) is 0 Å². The molecule has 0 aromatic heterocycles. The Morgan fingerprint density at radius 2 is 1.42 bits per heavy atom. The summed E-state index contributed by atoms with van der Waals surface area (Å²) >= 11 is 1.55. The molecule has 4 rings (SSSR count). The first kappa shape index (κ1) is 37.3. The van der Waals surface area contributed by atoms with Crippen LogP contribution in [0.4, 0.5) is 0 Å². The van der Waals surface area contributed by atoms with Gasteiger partial charge in [0.15, 0.2) is 0 Å². The maximum atomic E-state index is 3.53. The molecule has 2 aliphatic carbocycles. The average molecular weight is 631 g/mol. The quantitative estimate of drug-likeness (QED) is 0.386. The molecule has 0 saturated heterocycles. The summed E-state index contributed by atoms with van der Waals surface area (Å²) < 4.78 is 1.51. The van der Waals surface area contributed by atoms with E-state index in [2.05, 4.69) is 131 Å². The molecule has 208 valence electrons. The van der Waals surface area contributed by atoms with Crippen molar-refractivity contribution < 1.29 is 49.0 Å². The maximum Gasteiger partial charge on any atom is -1.00 e. The third-order valence-corrected chi connectivity index (χ3v) is 6.88. The van der Waals surface area contributed by atoms with Crippen LogP contribution in [-0.2, 0) is 41.5 Å². The molecule has 3 heteroatoms. The minimum absolute atomic E-state index is 0. The molecule has 0 heterocycles. The molecular formula is C35H48Cl2Zr-2. The molecular weight excluding hydrogens is 583 g/mol. The van der Waals surface area contributed by atoms with E-state index in [1.165, 1.54) is 55.0 Å². The first-order valence-electron chi connectivity index (χ1n) is 13.5. The molecule has 0 fully saturated rings. The molecule has 0 radical (unpaired) electrons. The third kappa shape index (κ3) is 10.7. The Morgan fingerprint density at radius 1 is 0.868 bits per heavy atom. The standard InChI is InChI=1S/C21H25.C11H17.C3H6.2ClH.Zr/c1-20(2,3)16-9-7-14-11-15-8-10-17(21(4,5)6)13-19(15)18(14)12-16;1-4-9-11(2,3)10-7-5-6-8-10;1-3-2;;;/h7,9-10,12-13H,11H2,1-6H3;7-8H,4-5,9H2,1-3H3;1-2H3;2*1H;/q2*-1;;;;+2/p-2. The molecule has 2 aliphatic rings. The van der Waals surface area contributed by atoms with Crippen molar-refractivity contribution in [1.82, 2.24) is 0 Å². The Morgan fingerprint density at radius 3 is 1.89 bits per heavy atom. The number of allylic oxidation sites excluding steroid dienone is 4. The van der Waals surface area contributed by atoms with Gasteiger partial charge >= 0.3 is 41.3 Å². The van der Waals surface area contributed by atoms with Crippen LogP contribution in [0.3, 0.4) is 0 Å². The van der Waals surface area contributed by atoms with E-state index in [1.807, 2.05) is 0 Å². The second-order valence-corrected chi connectivity index (χ2v) is 15.6. The Balaban J connectivity index is 0.000000684. The topological polar surface area (TPSA) is 0 Å². The molecule has 38 heavy (non-hydrogen) atoms. The third-order valence-electron chi connectivity index (χ3n) is 6.88. The molecule has 0 spiro atoms. The van der Waals surface area contributed by atoms with Crippen molar-refractivity contribution in [2.45, 2.75) is 113 Å². The summed E-state index contributed by atoms with van der Waals surface area (Å²) in [5.41, 5.74) is 10.6. The predicted molar refractivity (Wildman–Crippen MR) is 156 cm³/mol. The zero-order valence-electron chi connectivity index (χ0n) is 25.6. The minimum atomic E-state index is 0. The number of hydrogen-bond donors (Lipinski definition) is 0. The zero-order valence-corrected chi connectivity index (χ0v) is 29.6. The normalized spacial score (nSPS) is 13.4. The summed E-state index contributed by atoms with van der Waals surface area (Å²) in [6, 6.07) is 15.1. The van der Waals surface area contributed by atoms with Gasteiger partial charge in [0.2, 0.25) is 0 Å². The first-order chi connectivity index (χ1) is 16.6. The van der Waals surface area contributed by atoms with Gasteiger partial charge in [-0.3, -0.25) is 6.08 Å². The van der Waals surface area contributed by atoms with Crippen molar-refractivity contribution in [2.24, 2.45) is 5.41 Å². The summed E-state index contributed by atoms with van der Waals surface area (Å²) in [5.74, 6) is 0. The maximum absolute atomic E-state index is 3.53. The summed E-state index contributed by atoms with van der Waals surface area (Å²) in [6.45, 7) is 24.8. The van der Waals surface area contributed by atoms with Crippen LogP contribution in [0.25, 0.3) is 11.1 Å². The Hall–Kier alpha value is -0.747. The number of fused-ring (bicyclic) bond motifs is 3. The SMILES string of the molecule is CC(C)(C)c1c[c-]c2c(c1)-c1cc(C(C)(C)C)ccc1C2.CCCC(C)(C)C1=CC[C-]=C1.C[C](C)=[Zr+2].[Cl-].[Cl-]. The van der Waals surface area contributed by atoms with Crippen molar-refractivity contribution in [3.63, 3.8) is 0 Å². The second-order valence-electron chi connectivity index (χ2n) is 13.2. The molecule has 0 N–H and O–H groups in total. The average Bonchev–Trinajstić information content (AvgIpc) is 3.40. The zero-order chi connectivity index (χ0) is 27.3. The van der Waals surface area contributed by atoms with E-state index >= 15 is 0 Å². The molecule has 0 saturated carbocycles. The van der Waals surface area contributed by atoms with Crippen molar-refractivity contribution in [3.8, 4) is 11.1 Å². The molecule has 2 aromatic rings. The van der Waals surface area contributed by atoms with Crippen LogP contribution in [0, 0.1) is 17.6 Å².